The van der Waals surface area contributed by atoms with Gasteiger partial charge in [0, 0.05) is 25.0 Å². The molecule has 2 aliphatic rings. The van der Waals surface area contributed by atoms with Crippen molar-refractivity contribution in [3.05, 3.63) is 47.8 Å². The van der Waals surface area contributed by atoms with E-state index in [1.54, 1.807) is 0 Å². The molecule has 3 heterocycles. The lowest BCUT2D eigenvalue weighted by Gasteiger charge is -2.23. The SMILES string of the molecule is O=C(c1ccn([C@@H]2CCCNC2)n1)N1CCc2ccccc21. The van der Waals surface area contributed by atoms with Crippen LogP contribution in [0.4, 0.5) is 5.69 Å². The maximum atomic E-state index is 12.7. The van der Waals surface area contributed by atoms with Gasteiger partial charge < -0.3 is 10.2 Å². The van der Waals surface area contributed by atoms with Gasteiger partial charge in [-0.3, -0.25) is 9.48 Å². The molecule has 1 aromatic carbocycles. The molecule has 1 N–H and O–H groups in total. The Kier molecular flexibility index (Phi) is 3.42. The number of amides is 1. The summed E-state index contributed by atoms with van der Waals surface area (Å²) in [5, 5.41) is 7.92. The van der Waals surface area contributed by atoms with Crippen LogP contribution in [0.15, 0.2) is 36.5 Å². The number of para-hydroxylation sites is 1. The maximum absolute atomic E-state index is 12.7. The molecular formula is C17H20N4O. The number of nitrogens with zero attached hydrogens (tertiary/aromatic N) is 3. The Labute approximate surface area is 129 Å². The molecule has 0 spiro atoms. The summed E-state index contributed by atoms with van der Waals surface area (Å²) < 4.78 is 1.95. The minimum absolute atomic E-state index is 0.00692. The third-order valence-electron chi connectivity index (χ3n) is 4.60. The van der Waals surface area contributed by atoms with Crippen LogP contribution in [0, 0.1) is 0 Å². The molecule has 5 heteroatoms. The summed E-state index contributed by atoms with van der Waals surface area (Å²) in [5.74, 6) is 0.00692. The fourth-order valence-corrected chi connectivity index (χ4v) is 3.40. The second kappa shape index (κ2) is 5.57. The highest BCUT2D eigenvalue weighted by atomic mass is 16.2. The number of aromatic nitrogens is 2. The third kappa shape index (κ3) is 2.31. The second-order valence-corrected chi connectivity index (χ2v) is 6.02. The van der Waals surface area contributed by atoms with Crippen LogP contribution in [-0.4, -0.2) is 35.3 Å². The van der Waals surface area contributed by atoms with Crippen LogP contribution >= 0.6 is 0 Å². The molecule has 1 amide bonds. The van der Waals surface area contributed by atoms with Crippen LogP contribution in [0.3, 0.4) is 0 Å². The molecular weight excluding hydrogens is 276 g/mol. The van der Waals surface area contributed by atoms with Gasteiger partial charge in [-0.15, -0.1) is 0 Å². The Balaban J connectivity index is 1.55. The number of benzene rings is 1. The van der Waals surface area contributed by atoms with Crippen molar-refractivity contribution in [3.8, 4) is 0 Å². The zero-order valence-electron chi connectivity index (χ0n) is 12.5. The van der Waals surface area contributed by atoms with Crippen LogP contribution in [0.5, 0.6) is 0 Å². The minimum Gasteiger partial charge on any atom is -0.315 e. The van der Waals surface area contributed by atoms with E-state index in [1.165, 1.54) is 5.56 Å². The first-order valence-electron chi connectivity index (χ1n) is 7.98. The number of carbonyl (C=O) groups is 1. The lowest BCUT2D eigenvalue weighted by Crippen LogP contribution is -2.32. The molecule has 22 heavy (non-hydrogen) atoms. The first kappa shape index (κ1) is 13.5. The smallest absolute Gasteiger partial charge is 0.278 e. The van der Waals surface area contributed by atoms with Crippen molar-refractivity contribution in [3.63, 3.8) is 0 Å². The van der Waals surface area contributed by atoms with Gasteiger partial charge >= 0.3 is 0 Å². The molecule has 5 nitrogen and oxygen atoms in total. The van der Waals surface area contributed by atoms with E-state index in [0.717, 1.165) is 44.6 Å². The summed E-state index contributed by atoms with van der Waals surface area (Å²) in [6.45, 7) is 2.76. The second-order valence-electron chi connectivity index (χ2n) is 6.02. The molecule has 2 aliphatic heterocycles. The molecule has 0 bridgehead atoms. The Hall–Kier alpha value is -2.14. The van der Waals surface area contributed by atoms with Crippen molar-refractivity contribution in [2.75, 3.05) is 24.5 Å². The third-order valence-corrected chi connectivity index (χ3v) is 4.60. The first-order valence-corrected chi connectivity index (χ1v) is 7.98. The van der Waals surface area contributed by atoms with Crippen molar-refractivity contribution in [2.45, 2.75) is 25.3 Å². The van der Waals surface area contributed by atoms with E-state index >= 15 is 0 Å². The standard InChI is InChI=1S/C17H20N4O/c22-17(20-10-7-13-4-1-2-6-16(13)20)15-8-11-21(19-15)14-5-3-9-18-12-14/h1-2,4,6,8,11,14,18H,3,5,7,9-10,12H2/t14-/m1/s1. The number of rotatable bonds is 2. The predicted octanol–water partition coefficient (Wildman–Crippen LogP) is 2.01. The quantitative estimate of drug-likeness (QED) is 0.922. The van der Waals surface area contributed by atoms with Crippen molar-refractivity contribution < 1.29 is 4.79 Å². The van der Waals surface area contributed by atoms with Crippen molar-refractivity contribution in [2.24, 2.45) is 0 Å². The number of fused-ring (bicyclic) bond motifs is 1. The van der Waals surface area contributed by atoms with Gasteiger partial charge in [-0.25, -0.2) is 0 Å². The van der Waals surface area contributed by atoms with Gasteiger partial charge in [0.25, 0.3) is 5.91 Å². The van der Waals surface area contributed by atoms with Crippen LogP contribution in [-0.2, 0) is 6.42 Å². The molecule has 1 aromatic heterocycles. The van der Waals surface area contributed by atoms with E-state index in [2.05, 4.69) is 16.5 Å². The predicted molar refractivity (Wildman–Crippen MR) is 85.2 cm³/mol. The van der Waals surface area contributed by atoms with E-state index in [-0.39, 0.29) is 5.91 Å². The molecule has 1 atom stereocenters. The first-order chi connectivity index (χ1) is 10.8. The number of piperidine rings is 1. The molecule has 0 unspecified atom stereocenters. The summed E-state index contributed by atoms with van der Waals surface area (Å²) in [7, 11) is 0. The van der Waals surface area contributed by atoms with Gasteiger partial charge in [0.15, 0.2) is 5.69 Å². The largest absolute Gasteiger partial charge is 0.315 e. The molecule has 0 radical (unpaired) electrons. The highest BCUT2D eigenvalue weighted by Crippen LogP contribution is 2.28. The Morgan fingerprint density at radius 3 is 3.05 bits per heavy atom. The highest BCUT2D eigenvalue weighted by Gasteiger charge is 2.27. The topological polar surface area (TPSA) is 50.2 Å². The number of hydrogen-bond donors (Lipinski definition) is 1. The van der Waals surface area contributed by atoms with E-state index < -0.39 is 0 Å². The summed E-state index contributed by atoms with van der Waals surface area (Å²) in [6, 6.07) is 10.3. The van der Waals surface area contributed by atoms with Gasteiger partial charge in [0.05, 0.1) is 6.04 Å². The monoisotopic (exact) mass is 296 g/mol. The van der Waals surface area contributed by atoms with Gasteiger partial charge in [-0.1, -0.05) is 18.2 Å². The average Bonchev–Trinajstić information content (AvgIpc) is 3.22. The van der Waals surface area contributed by atoms with E-state index in [9.17, 15) is 4.79 Å². The number of anilines is 1. The van der Waals surface area contributed by atoms with E-state index in [0.29, 0.717) is 11.7 Å². The molecule has 4 rings (SSSR count). The normalized spacial score (nSPS) is 20.9. The molecule has 0 aliphatic carbocycles. The summed E-state index contributed by atoms with van der Waals surface area (Å²) in [5.41, 5.74) is 2.82. The lowest BCUT2D eigenvalue weighted by molar-refractivity contribution is 0.0983. The van der Waals surface area contributed by atoms with Gasteiger partial charge in [0.1, 0.15) is 0 Å². The van der Waals surface area contributed by atoms with E-state index in [1.807, 2.05) is 40.0 Å². The summed E-state index contributed by atoms with van der Waals surface area (Å²) in [4.78, 5) is 14.6. The van der Waals surface area contributed by atoms with Crippen molar-refractivity contribution >= 4 is 11.6 Å². The zero-order valence-corrected chi connectivity index (χ0v) is 12.5. The molecule has 1 fully saturated rings. The summed E-state index contributed by atoms with van der Waals surface area (Å²) in [6.07, 6.45) is 5.14. The Morgan fingerprint density at radius 2 is 2.18 bits per heavy atom. The number of hydrogen-bond acceptors (Lipinski definition) is 3. The fraction of sp³-hybridized carbons (Fsp3) is 0.412. The number of nitrogens with one attached hydrogen (secondary N) is 1. The molecule has 2 aromatic rings. The fourth-order valence-electron chi connectivity index (χ4n) is 3.40. The minimum atomic E-state index is 0.00692. The van der Waals surface area contributed by atoms with Crippen LogP contribution < -0.4 is 10.2 Å². The highest BCUT2D eigenvalue weighted by molar-refractivity contribution is 6.05. The average molecular weight is 296 g/mol. The zero-order chi connectivity index (χ0) is 14.9. The molecule has 1 saturated heterocycles. The Bertz CT molecular complexity index is 687. The lowest BCUT2D eigenvalue weighted by atomic mass is 10.1. The molecule has 0 saturated carbocycles. The van der Waals surface area contributed by atoms with E-state index in [4.69, 9.17) is 0 Å². The summed E-state index contributed by atoms with van der Waals surface area (Å²) >= 11 is 0. The molecule has 114 valence electrons. The van der Waals surface area contributed by atoms with Crippen molar-refractivity contribution in [1.29, 1.82) is 0 Å². The van der Waals surface area contributed by atoms with Crippen LogP contribution in [0.1, 0.15) is 34.9 Å². The van der Waals surface area contributed by atoms with Gasteiger partial charge in [-0.05, 0) is 43.5 Å². The van der Waals surface area contributed by atoms with Gasteiger partial charge in [-0.2, -0.15) is 5.10 Å². The van der Waals surface area contributed by atoms with Crippen molar-refractivity contribution in [1.82, 2.24) is 15.1 Å². The maximum Gasteiger partial charge on any atom is 0.278 e. The van der Waals surface area contributed by atoms with Crippen LogP contribution in [0.25, 0.3) is 0 Å². The van der Waals surface area contributed by atoms with Crippen LogP contribution in [0.2, 0.25) is 0 Å². The Morgan fingerprint density at radius 1 is 1.27 bits per heavy atom. The van der Waals surface area contributed by atoms with Gasteiger partial charge in [0.2, 0.25) is 0 Å². The number of carbonyl (C=O) groups excluding carboxylic acids is 1.